The van der Waals surface area contributed by atoms with Gasteiger partial charge in [0.25, 0.3) is 0 Å². The quantitative estimate of drug-likeness (QED) is 0.0779. The first-order valence-electron chi connectivity index (χ1n) is 16.4. The summed E-state index contributed by atoms with van der Waals surface area (Å²) in [6.45, 7) is 27.0. The van der Waals surface area contributed by atoms with Crippen molar-refractivity contribution in [2.24, 2.45) is 11.8 Å². The van der Waals surface area contributed by atoms with E-state index in [1.807, 2.05) is 13.0 Å². The van der Waals surface area contributed by atoms with Gasteiger partial charge in [-0.05, 0) is 97.8 Å². The lowest BCUT2D eigenvalue weighted by atomic mass is 9.85. The molecular formula is C32H54N2O9Si3. The van der Waals surface area contributed by atoms with Crippen LogP contribution in [0.25, 0.3) is 17.6 Å². The molecule has 0 amide bonds. The lowest BCUT2D eigenvalue weighted by Gasteiger charge is -2.47. The van der Waals surface area contributed by atoms with Crippen LogP contribution in [-0.4, -0.2) is 78.1 Å². The fourth-order valence-corrected chi connectivity index (χ4v) is 9.64. The second-order valence-electron chi connectivity index (χ2n) is 15.8. The molecular weight excluding hydrogens is 641 g/mol. The fourth-order valence-electron chi connectivity index (χ4n) is 6.07. The predicted octanol–water partition coefficient (Wildman–Crippen LogP) is 8.13. The molecule has 2 aliphatic rings. The minimum Gasteiger partial charge on any atom is -0.433 e. The molecule has 2 aromatic heterocycles. The molecule has 2 aromatic rings. The molecule has 0 N–H and O–H groups in total. The van der Waals surface area contributed by atoms with Crippen LogP contribution < -0.4 is 0 Å². The number of oxazole rings is 1. The Balaban J connectivity index is 1.49. The van der Waals surface area contributed by atoms with E-state index in [0.29, 0.717) is 30.6 Å². The van der Waals surface area contributed by atoms with Gasteiger partial charge in [-0.2, -0.15) is 0 Å². The average Bonchev–Trinajstić information content (AvgIpc) is 3.26. The van der Waals surface area contributed by atoms with Crippen LogP contribution in [0.2, 0.25) is 58.9 Å². The summed E-state index contributed by atoms with van der Waals surface area (Å²) in [4.78, 5) is 14.8. The maximum absolute atomic E-state index is 11.0. The molecule has 0 bridgehead atoms. The van der Waals surface area contributed by atoms with E-state index in [9.17, 15) is 10.1 Å². The molecule has 2 saturated heterocycles. The maximum atomic E-state index is 11.0. The zero-order valence-electron chi connectivity index (χ0n) is 29.6. The lowest BCUT2D eigenvalue weighted by molar-refractivity contribution is -0.401. The third-order valence-electron chi connectivity index (χ3n) is 8.04. The fraction of sp³-hybridized carbons (Fsp3) is 0.719. The smallest absolute Gasteiger partial charge is 0.433 e. The predicted molar refractivity (Wildman–Crippen MR) is 185 cm³/mol. The number of hydrogen-bond donors (Lipinski definition) is 0. The van der Waals surface area contributed by atoms with Gasteiger partial charge in [-0.1, -0.05) is 12.5 Å². The van der Waals surface area contributed by atoms with E-state index in [2.05, 4.69) is 77.8 Å². The molecule has 4 heterocycles. The molecule has 46 heavy (non-hydrogen) atoms. The normalized spacial score (nSPS) is 27.4. The topological polar surface area (TPSA) is 132 Å². The van der Waals surface area contributed by atoms with Gasteiger partial charge in [0.2, 0.25) is 5.89 Å². The van der Waals surface area contributed by atoms with Crippen molar-refractivity contribution in [3.05, 3.63) is 39.9 Å². The Labute approximate surface area is 276 Å². The summed E-state index contributed by atoms with van der Waals surface area (Å²) in [6, 6.07) is 2.79. The van der Waals surface area contributed by atoms with Crippen LogP contribution >= 0.6 is 0 Å². The molecule has 0 unspecified atom stereocenters. The molecule has 0 spiro atoms. The second-order valence-corrected chi connectivity index (χ2v) is 29.2. The zero-order valence-corrected chi connectivity index (χ0v) is 32.6. The number of nitrogens with zero attached hydrogens (tertiary/aromatic N) is 2. The van der Waals surface area contributed by atoms with E-state index >= 15 is 0 Å². The molecule has 4 rings (SSSR count). The Hall–Kier alpha value is -1.92. The number of furan rings is 1. The van der Waals surface area contributed by atoms with Gasteiger partial charge in [-0.3, -0.25) is 10.1 Å². The first-order chi connectivity index (χ1) is 21.2. The molecule has 0 aliphatic carbocycles. The Bertz CT molecular complexity index is 1360. The Morgan fingerprint density at radius 1 is 0.978 bits per heavy atom. The van der Waals surface area contributed by atoms with Crippen molar-refractivity contribution in [2.45, 2.75) is 129 Å². The number of aromatic nitrogens is 1. The van der Waals surface area contributed by atoms with Gasteiger partial charge in [0, 0.05) is 17.9 Å². The summed E-state index contributed by atoms with van der Waals surface area (Å²) in [5.41, 5.74) is 1.01. The van der Waals surface area contributed by atoms with Crippen LogP contribution in [0, 0.1) is 22.0 Å². The summed E-state index contributed by atoms with van der Waals surface area (Å²) in [5.74, 6) is 1.07. The Kier molecular flexibility index (Phi) is 11.5. The Morgan fingerprint density at radius 2 is 1.63 bits per heavy atom. The number of ether oxygens (including phenoxy) is 2. The minimum absolute atomic E-state index is 0.108. The van der Waals surface area contributed by atoms with Crippen LogP contribution in [0.4, 0.5) is 5.88 Å². The molecule has 258 valence electrons. The van der Waals surface area contributed by atoms with Crippen molar-refractivity contribution < 1.29 is 36.5 Å². The van der Waals surface area contributed by atoms with Crippen molar-refractivity contribution in [1.29, 1.82) is 0 Å². The maximum Gasteiger partial charge on any atom is 0.433 e. The van der Waals surface area contributed by atoms with Gasteiger partial charge in [-0.15, -0.1) is 0 Å². The third-order valence-corrected chi connectivity index (χ3v) is 11.1. The molecule has 11 nitrogen and oxygen atoms in total. The monoisotopic (exact) mass is 694 g/mol. The first kappa shape index (κ1) is 36.9. The van der Waals surface area contributed by atoms with Crippen molar-refractivity contribution in [3.8, 4) is 11.5 Å². The molecule has 0 radical (unpaired) electrons. The third kappa shape index (κ3) is 10.5. The number of hydrogen-bond acceptors (Lipinski definition) is 10. The average molecular weight is 695 g/mol. The van der Waals surface area contributed by atoms with Crippen LogP contribution in [0.15, 0.2) is 32.7 Å². The molecule has 2 fully saturated rings. The van der Waals surface area contributed by atoms with Crippen LogP contribution in [0.3, 0.4) is 0 Å². The highest BCUT2D eigenvalue weighted by molar-refractivity contribution is 6.70. The number of nitro groups is 1. The molecule has 14 heteroatoms. The van der Waals surface area contributed by atoms with Crippen molar-refractivity contribution in [3.63, 3.8) is 0 Å². The number of epoxide rings is 1. The number of rotatable bonds is 15. The van der Waals surface area contributed by atoms with Crippen molar-refractivity contribution >= 4 is 36.9 Å². The van der Waals surface area contributed by atoms with Gasteiger partial charge in [-0.25, -0.2) is 4.98 Å². The van der Waals surface area contributed by atoms with Crippen LogP contribution in [-0.2, 0) is 22.8 Å². The highest BCUT2D eigenvalue weighted by atomic mass is 28.4. The summed E-state index contributed by atoms with van der Waals surface area (Å²) < 4.78 is 44.3. The van der Waals surface area contributed by atoms with E-state index in [1.54, 1.807) is 0 Å². The van der Waals surface area contributed by atoms with Crippen molar-refractivity contribution in [1.82, 2.24) is 4.98 Å². The molecule has 0 saturated carbocycles. The Morgan fingerprint density at radius 3 is 2.22 bits per heavy atom. The summed E-state index contributed by atoms with van der Waals surface area (Å²) in [5, 5.41) is 11.0. The van der Waals surface area contributed by atoms with Crippen LogP contribution in [0.5, 0.6) is 0 Å². The van der Waals surface area contributed by atoms with Gasteiger partial charge >= 0.3 is 5.88 Å². The van der Waals surface area contributed by atoms with E-state index in [-0.39, 0.29) is 54.2 Å². The summed E-state index contributed by atoms with van der Waals surface area (Å²) >= 11 is 0. The first-order valence-corrected chi connectivity index (χ1v) is 26.6. The minimum atomic E-state index is -1.99. The largest absolute Gasteiger partial charge is 0.433 e. The van der Waals surface area contributed by atoms with Crippen molar-refractivity contribution in [2.75, 3.05) is 6.61 Å². The van der Waals surface area contributed by atoms with E-state index in [0.717, 1.165) is 12.0 Å². The molecule has 8 atom stereocenters. The molecule has 2 aliphatic heterocycles. The van der Waals surface area contributed by atoms with E-state index in [4.69, 9.17) is 31.6 Å². The standard InChI is InChI=1S/C32H54N2O9Si3/c1-20(16-28-33-18-27(38-28)24-13-14-29(39-24)34(35)36)15-25-32(43-46(10,11)12)31(42-45(7,8)9)23(19-37-25)17-26-30(40-26)21(2)22(3)41-44(4,5)6/h13-14,16,18,21-23,25-26,30-32H,15,17,19H2,1-12H3/b20-16+/t21-,22-,23-,25-,26-,30-,31+,32-/m0/s1. The second kappa shape index (κ2) is 14.3. The summed E-state index contributed by atoms with van der Waals surface area (Å²) in [6.07, 6.45) is 4.79. The molecule has 0 aromatic carbocycles. The van der Waals surface area contributed by atoms with Gasteiger partial charge in [0.05, 0.1) is 49.4 Å². The van der Waals surface area contributed by atoms with E-state index < -0.39 is 29.9 Å². The van der Waals surface area contributed by atoms with Gasteiger partial charge in [0.15, 0.2) is 36.5 Å². The highest BCUT2D eigenvalue weighted by Gasteiger charge is 2.51. The zero-order chi connectivity index (χ0) is 34.2. The van der Waals surface area contributed by atoms with Gasteiger partial charge in [0.1, 0.15) is 4.92 Å². The van der Waals surface area contributed by atoms with Gasteiger partial charge < -0.3 is 31.6 Å². The highest BCUT2D eigenvalue weighted by Crippen LogP contribution is 2.42. The SMILES string of the molecule is C/C(=C\c1ncc(-c2ccc([N+](=O)[O-])o2)o1)C[C@@H]1OC[C@H](C[C@@H]2O[C@H]2[C@@H](C)[C@H](C)O[Si](C)(C)C)[C@@H](O[Si](C)(C)C)[C@H]1O[Si](C)(C)C. The summed E-state index contributed by atoms with van der Waals surface area (Å²) in [7, 11) is -5.58. The van der Waals surface area contributed by atoms with Crippen LogP contribution in [0.1, 0.15) is 39.5 Å². The van der Waals surface area contributed by atoms with E-state index in [1.165, 1.54) is 18.3 Å². The lowest BCUT2D eigenvalue weighted by Crippen LogP contribution is -2.58.